The summed E-state index contributed by atoms with van der Waals surface area (Å²) in [5.41, 5.74) is -0.997. The Morgan fingerprint density at radius 2 is 1.78 bits per heavy atom. The van der Waals surface area contributed by atoms with Crippen LogP contribution in [0.1, 0.15) is 91.0 Å². The number of carbonyl (C=O) groups excluding carboxylic acids is 3. The molecule has 1 aliphatic carbocycles. The fourth-order valence-corrected chi connectivity index (χ4v) is 8.35. The third kappa shape index (κ3) is 8.20. The summed E-state index contributed by atoms with van der Waals surface area (Å²) in [4.78, 5) is 53.3. The summed E-state index contributed by atoms with van der Waals surface area (Å²) in [6.07, 6.45) is 8.10. The predicted octanol–water partition coefficient (Wildman–Crippen LogP) is 3.26. The van der Waals surface area contributed by atoms with E-state index in [9.17, 15) is 32.7 Å². The number of nitrogens with one attached hydrogen (secondary N) is 3. The van der Waals surface area contributed by atoms with Crippen LogP contribution in [0.5, 0.6) is 0 Å². The zero-order chi connectivity index (χ0) is 33.7. The van der Waals surface area contributed by atoms with E-state index >= 15 is 0 Å². The van der Waals surface area contributed by atoms with Gasteiger partial charge < -0.3 is 26.0 Å². The van der Waals surface area contributed by atoms with Crippen molar-refractivity contribution < 1.29 is 32.7 Å². The number of amides is 4. The number of rotatable bonds is 14. The van der Waals surface area contributed by atoms with E-state index in [-0.39, 0.29) is 23.9 Å². The number of hydrogen-bond donors (Lipinski definition) is 4. The third-order valence-electron chi connectivity index (χ3n) is 9.72. The maximum Gasteiger partial charge on any atom is 0.329 e. The Hall–Kier alpha value is -3.19. The fraction of sp³-hybridized carbons (Fsp3) is 0.697. The van der Waals surface area contributed by atoms with Crippen LogP contribution in [0.2, 0.25) is 0 Å². The normalized spacial score (nSPS) is 24.5. The van der Waals surface area contributed by atoms with Crippen molar-refractivity contribution in [1.29, 1.82) is 0 Å². The van der Waals surface area contributed by atoms with Gasteiger partial charge in [0.1, 0.15) is 11.6 Å². The molecule has 3 aliphatic rings. The number of benzene rings is 1. The number of aliphatic carboxylic acids is 1. The van der Waals surface area contributed by atoms with Crippen LogP contribution in [0, 0.1) is 11.3 Å². The lowest BCUT2D eigenvalue weighted by molar-refractivity contribution is -0.145. The highest BCUT2D eigenvalue weighted by Gasteiger charge is 2.61. The molecule has 0 radical (unpaired) electrons. The largest absolute Gasteiger partial charge is 0.479 e. The third-order valence-corrected chi connectivity index (χ3v) is 11.7. The van der Waals surface area contributed by atoms with Gasteiger partial charge in [-0.05, 0) is 55.1 Å². The first-order valence-electron chi connectivity index (χ1n) is 16.7. The van der Waals surface area contributed by atoms with Crippen LogP contribution in [0.15, 0.2) is 29.2 Å². The van der Waals surface area contributed by atoms with E-state index < -0.39 is 56.9 Å². The van der Waals surface area contributed by atoms with Crippen molar-refractivity contribution in [2.75, 3.05) is 26.2 Å². The summed E-state index contributed by atoms with van der Waals surface area (Å²) in [5, 5.41) is 18.2. The molecule has 0 bridgehead atoms. The minimum absolute atomic E-state index is 0.0704. The van der Waals surface area contributed by atoms with Gasteiger partial charge in [0.25, 0.3) is 0 Å². The van der Waals surface area contributed by atoms with Gasteiger partial charge in [-0.3, -0.25) is 9.59 Å². The molecule has 1 saturated carbocycles. The number of carbonyl (C=O) groups is 4. The zero-order valence-electron chi connectivity index (χ0n) is 27.6. The molecule has 1 saturated heterocycles. The first-order chi connectivity index (χ1) is 21.7. The van der Waals surface area contributed by atoms with Crippen LogP contribution < -0.4 is 16.0 Å². The van der Waals surface area contributed by atoms with E-state index in [0.717, 1.165) is 44.1 Å². The van der Waals surface area contributed by atoms with Gasteiger partial charge in [-0.25, -0.2) is 18.0 Å². The van der Waals surface area contributed by atoms with E-state index in [1.165, 1.54) is 9.21 Å². The van der Waals surface area contributed by atoms with Gasteiger partial charge in [0.2, 0.25) is 21.8 Å². The molecule has 4 N–H and O–H groups in total. The Balaban J connectivity index is 1.30. The topological polar surface area (TPSA) is 165 Å². The van der Waals surface area contributed by atoms with E-state index in [4.69, 9.17) is 0 Å². The van der Waals surface area contributed by atoms with Crippen molar-refractivity contribution in [3.05, 3.63) is 29.8 Å². The second-order valence-electron chi connectivity index (χ2n) is 14.1. The molecule has 1 aromatic carbocycles. The molecule has 2 fully saturated rings. The summed E-state index contributed by atoms with van der Waals surface area (Å²) < 4.78 is 28.0. The molecule has 46 heavy (non-hydrogen) atoms. The van der Waals surface area contributed by atoms with Crippen molar-refractivity contribution in [2.24, 2.45) is 11.3 Å². The number of carboxylic acids is 1. The second kappa shape index (κ2) is 14.7. The van der Waals surface area contributed by atoms with E-state index in [1.54, 1.807) is 12.1 Å². The van der Waals surface area contributed by atoms with Gasteiger partial charge in [-0.1, -0.05) is 78.0 Å². The number of hydrogen-bond acceptors (Lipinski definition) is 6. The van der Waals surface area contributed by atoms with E-state index in [0.29, 0.717) is 38.8 Å². The highest BCUT2D eigenvalue weighted by Crippen LogP contribution is 2.47. The average Bonchev–Trinajstić information content (AvgIpc) is 3.46. The molecule has 2 heterocycles. The summed E-state index contributed by atoms with van der Waals surface area (Å²) in [6, 6.07) is 4.95. The number of likely N-dealkylation sites (tertiary alicyclic amines) is 1. The lowest BCUT2D eigenvalue weighted by Crippen LogP contribution is -2.57. The molecule has 4 atom stereocenters. The highest BCUT2D eigenvalue weighted by molar-refractivity contribution is 7.89. The lowest BCUT2D eigenvalue weighted by atomic mass is 9.86. The molecule has 2 unspecified atom stereocenters. The Morgan fingerprint density at radius 1 is 1.07 bits per heavy atom. The standard InChI is InChI=1S/C33H51N5O7S/c1-5-6-7-8-9-14-24-20-33(24,30(41)42)36-29(40)25-15-12-18-38(25)28(39)21-34-31(43)35-27(32(2,3)4)22-37-19-17-23-13-10-11-16-26(23)46(37,44)45/h10-11,13,16,24-25,27H,5-9,12,14-15,17-22H2,1-4H3,(H,36,40)(H,41,42)(H2,34,35,43)/t24?,25-,27?,33+/m0/s1. The van der Waals surface area contributed by atoms with Crippen LogP contribution in [0.25, 0.3) is 0 Å². The fourth-order valence-electron chi connectivity index (χ4n) is 6.64. The van der Waals surface area contributed by atoms with Crippen molar-refractivity contribution in [3.63, 3.8) is 0 Å². The minimum Gasteiger partial charge on any atom is -0.479 e. The Labute approximate surface area is 273 Å². The first-order valence-corrected chi connectivity index (χ1v) is 18.1. The molecule has 256 valence electrons. The number of carboxylic acid groups (broad SMARTS) is 1. The molecule has 0 spiro atoms. The summed E-state index contributed by atoms with van der Waals surface area (Å²) in [6.45, 7) is 8.21. The van der Waals surface area contributed by atoms with E-state index in [2.05, 4.69) is 22.9 Å². The van der Waals surface area contributed by atoms with Crippen LogP contribution in [0.3, 0.4) is 0 Å². The van der Waals surface area contributed by atoms with Crippen LogP contribution >= 0.6 is 0 Å². The van der Waals surface area contributed by atoms with Crippen molar-refractivity contribution in [2.45, 2.75) is 114 Å². The summed E-state index contributed by atoms with van der Waals surface area (Å²) >= 11 is 0. The Morgan fingerprint density at radius 3 is 2.48 bits per heavy atom. The number of unbranched alkanes of at least 4 members (excludes halogenated alkanes) is 4. The van der Waals surface area contributed by atoms with Crippen molar-refractivity contribution in [1.82, 2.24) is 25.2 Å². The number of fused-ring (bicyclic) bond motifs is 1. The van der Waals surface area contributed by atoms with Crippen LogP contribution in [-0.2, 0) is 30.8 Å². The number of nitrogens with zero attached hydrogens (tertiary/aromatic N) is 2. The maximum absolute atomic E-state index is 13.3. The molecule has 4 rings (SSSR count). The Kier molecular flexibility index (Phi) is 11.4. The molecule has 4 amide bonds. The van der Waals surface area contributed by atoms with Gasteiger partial charge in [0.05, 0.1) is 11.4 Å². The molecular formula is C33H51N5O7S. The minimum atomic E-state index is -3.72. The smallest absolute Gasteiger partial charge is 0.329 e. The van der Waals surface area contributed by atoms with E-state index in [1.807, 2.05) is 32.9 Å². The predicted molar refractivity (Wildman–Crippen MR) is 173 cm³/mol. The molecule has 1 aromatic rings. The Bertz CT molecular complexity index is 1390. The van der Waals surface area contributed by atoms with Crippen LogP contribution in [0.4, 0.5) is 4.79 Å². The zero-order valence-corrected chi connectivity index (χ0v) is 28.5. The summed E-state index contributed by atoms with van der Waals surface area (Å²) in [5.74, 6) is -2.06. The van der Waals surface area contributed by atoms with Gasteiger partial charge in [-0.15, -0.1) is 0 Å². The first kappa shape index (κ1) is 35.7. The molecule has 0 aromatic heterocycles. The van der Waals surface area contributed by atoms with Crippen LogP contribution in [-0.4, -0.2) is 90.3 Å². The molecular weight excluding hydrogens is 610 g/mol. The molecule has 12 nitrogen and oxygen atoms in total. The van der Waals surface area contributed by atoms with Gasteiger partial charge >= 0.3 is 12.0 Å². The number of urea groups is 1. The maximum atomic E-state index is 13.3. The average molecular weight is 662 g/mol. The SMILES string of the molecule is CCCCCCCC1C[C@]1(NC(=O)[C@@H]1CCCN1C(=O)CNC(=O)NC(CN1CCc2ccccc2S1(=O)=O)C(C)(C)C)C(=O)O. The van der Waals surface area contributed by atoms with Gasteiger partial charge in [0.15, 0.2) is 0 Å². The van der Waals surface area contributed by atoms with Crippen molar-refractivity contribution in [3.8, 4) is 0 Å². The molecule has 2 aliphatic heterocycles. The number of sulfonamides is 1. The monoisotopic (exact) mass is 661 g/mol. The van der Waals surface area contributed by atoms with Gasteiger partial charge in [0, 0.05) is 25.7 Å². The van der Waals surface area contributed by atoms with Gasteiger partial charge in [-0.2, -0.15) is 4.31 Å². The lowest BCUT2D eigenvalue weighted by Gasteiger charge is -2.37. The molecule has 13 heteroatoms. The van der Waals surface area contributed by atoms with Crippen molar-refractivity contribution >= 4 is 33.8 Å². The highest BCUT2D eigenvalue weighted by atomic mass is 32.2. The quantitative estimate of drug-likeness (QED) is 0.222. The summed E-state index contributed by atoms with van der Waals surface area (Å²) in [7, 11) is -3.72. The second-order valence-corrected chi connectivity index (χ2v) is 16.0.